The Kier molecular flexibility index (Phi) is 4.80. The van der Waals surface area contributed by atoms with Gasteiger partial charge in [-0.05, 0) is 49.6 Å². The number of anilines is 1. The van der Waals surface area contributed by atoms with Crippen LogP contribution in [0, 0.1) is 18.3 Å². The third kappa shape index (κ3) is 3.85. The molecule has 4 rings (SSSR count). The molecule has 3 aromatic heterocycles. The molecule has 29 heavy (non-hydrogen) atoms. The Hall–Kier alpha value is -3.60. The highest BCUT2D eigenvalue weighted by atomic mass is 19.3. The number of alkyl halides is 2. The summed E-state index contributed by atoms with van der Waals surface area (Å²) in [5.74, 6) is 0.668. The predicted octanol–water partition coefficient (Wildman–Crippen LogP) is 4.91. The molecular weight excluding hydrogens is 376 g/mol. The molecule has 0 amide bonds. The van der Waals surface area contributed by atoms with Crippen LogP contribution in [0.4, 0.5) is 14.5 Å². The van der Waals surface area contributed by atoms with Gasteiger partial charge in [0, 0.05) is 23.9 Å². The molecule has 0 aliphatic heterocycles. The van der Waals surface area contributed by atoms with Gasteiger partial charge in [-0.3, -0.25) is 4.98 Å². The van der Waals surface area contributed by atoms with E-state index in [1.165, 1.54) is 12.3 Å². The van der Waals surface area contributed by atoms with Crippen LogP contribution in [0.5, 0.6) is 11.6 Å². The second-order valence-corrected chi connectivity index (χ2v) is 6.92. The van der Waals surface area contributed by atoms with Gasteiger partial charge in [0.2, 0.25) is 5.88 Å². The second-order valence-electron chi connectivity index (χ2n) is 6.92. The zero-order chi connectivity index (χ0) is 20.5. The molecule has 1 aliphatic rings. The van der Waals surface area contributed by atoms with Crippen LogP contribution in [0.25, 0.3) is 11.3 Å². The third-order valence-corrected chi connectivity index (χ3v) is 4.64. The summed E-state index contributed by atoms with van der Waals surface area (Å²) >= 11 is 0. The Bertz CT molecular complexity index is 1120. The summed E-state index contributed by atoms with van der Waals surface area (Å²) in [4.78, 5) is 12.6. The lowest BCUT2D eigenvalue weighted by Crippen LogP contribution is -2.04. The zero-order valence-corrected chi connectivity index (χ0v) is 15.6. The maximum Gasteiger partial charge on any atom is 0.280 e. The third-order valence-electron chi connectivity index (χ3n) is 4.64. The van der Waals surface area contributed by atoms with E-state index >= 15 is 0 Å². The van der Waals surface area contributed by atoms with Gasteiger partial charge >= 0.3 is 0 Å². The topological polar surface area (TPSA) is 97.7 Å². The zero-order valence-electron chi connectivity index (χ0n) is 15.6. The largest absolute Gasteiger partial charge is 0.435 e. The summed E-state index contributed by atoms with van der Waals surface area (Å²) in [6.07, 6.45) is 2.16. The van der Waals surface area contributed by atoms with E-state index in [2.05, 4.69) is 15.0 Å². The molecule has 1 saturated carbocycles. The maximum atomic E-state index is 13.2. The van der Waals surface area contributed by atoms with E-state index in [-0.39, 0.29) is 17.5 Å². The molecule has 3 heterocycles. The highest BCUT2D eigenvalue weighted by Gasteiger charge is 2.31. The number of hydrogen-bond donors (Lipinski definition) is 1. The van der Waals surface area contributed by atoms with Crippen LogP contribution in [0.15, 0.2) is 36.7 Å². The summed E-state index contributed by atoms with van der Waals surface area (Å²) < 4.78 is 32.3. The Labute approximate surface area is 166 Å². The van der Waals surface area contributed by atoms with Crippen LogP contribution in [0.1, 0.15) is 47.7 Å². The van der Waals surface area contributed by atoms with Gasteiger partial charge in [0.1, 0.15) is 11.8 Å². The summed E-state index contributed by atoms with van der Waals surface area (Å²) in [7, 11) is 0. The second kappa shape index (κ2) is 7.43. The molecule has 0 unspecified atom stereocenters. The van der Waals surface area contributed by atoms with Crippen molar-refractivity contribution in [3.05, 3.63) is 59.2 Å². The molecule has 1 fully saturated rings. The molecule has 146 valence electrons. The Morgan fingerprint density at radius 1 is 1.21 bits per heavy atom. The van der Waals surface area contributed by atoms with E-state index in [0.29, 0.717) is 39.5 Å². The summed E-state index contributed by atoms with van der Waals surface area (Å²) in [5.41, 5.74) is 8.73. The molecular formula is C21H17F2N5O. The lowest BCUT2D eigenvalue weighted by Gasteiger charge is -2.16. The van der Waals surface area contributed by atoms with Gasteiger partial charge in [0.15, 0.2) is 5.75 Å². The smallest absolute Gasteiger partial charge is 0.280 e. The van der Waals surface area contributed by atoms with Crippen molar-refractivity contribution in [1.82, 2.24) is 15.0 Å². The van der Waals surface area contributed by atoms with Crippen molar-refractivity contribution in [3.8, 4) is 29.0 Å². The van der Waals surface area contributed by atoms with Crippen molar-refractivity contribution in [2.45, 2.75) is 32.1 Å². The molecule has 8 heteroatoms. The number of nitrogen functional groups attached to an aromatic ring is 1. The fourth-order valence-corrected chi connectivity index (χ4v) is 3.02. The lowest BCUT2D eigenvalue weighted by atomic mass is 10.1. The molecule has 0 aromatic carbocycles. The number of aryl methyl sites for hydroxylation is 1. The number of nitriles is 1. The monoisotopic (exact) mass is 393 g/mol. The number of rotatable bonds is 5. The van der Waals surface area contributed by atoms with Gasteiger partial charge in [0.25, 0.3) is 6.43 Å². The Balaban J connectivity index is 1.74. The number of hydrogen-bond acceptors (Lipinski definition) is 6. The van der Waals surface area contributed by atoms with E-state index in [4.69, 9.17) is 15.7 Å². The maximum absolute atomic E-state index is 13.2. The van der Waals surface area contributed by atoms with E-state index in [0.717, 1.165) is 12.8 Å². The molecule has 3 aromatic rings. The first kappa shape index (κ1) is 18.7. The van der Waals surface area contributed by atoms with Crippen LogP contribution < -0.4 is 10.5 Å². The van der Waals surface area contributed by atoms with Gasteiger partial charge in [0.05, 0.1) is 22.6 Å². The van der Waals surface area contributed by atoms with Gasteiger partial charge < -0.3 is 10.5 Å². The van der Waals surface area contributed by atoms with E-state index in [1.54, 1.807) is 31.3 Å². The van der Waals surface area contributed by atoms with Gasteiger partial charge in [-0.2, -0.15) is 5.26 Å². The van der Waals surface area contributed by atoms with Crippen molar-refractivity contribution in [3.63, 3.8) is 0 Å². The molecule has 1 aliphatic carbocycles. The van der Waals surface area contributed by atoms with Gasteiger partial charge in [-0.25, -0.2) is 18.7 Å². The van der Waals surface area contributed by atoms with E-state index in [9.17, 15) is 8.78 Å². The van der Waals surface area contributed by atoms with Crippen LogP contribution in [-0.2, 0) is 0 Å². The number of halogens is 2. The van der Waals surface area contributed by atoms with E-state index < -0.39 is 6.43 Å². The van der Waals surface area contributed by atoms with Crippen LogP contribution >= 0.6 is 0 Å². The quantitative estimate of drug-likeness (QED) is 0.661. The summed E-state index contributed by atoms with van der Waals surface area (Å²) in [5, 5.41) is 9.07. The van der Waals surface area contributed by atoms with Gasteiger partial charge in [-0.15, -0.1) is 0 Å². The van der Waals surface area contributed by atoms with Crippen LogP contribution in [0.3, 0.4) is 0 Å². The van der Waals surface area contributed by atoms with Crippen molar-refractivity contribution in [2.75, 3.05) is 5.73 Å². The highest BCUT2D eigenvalue weighted by molar-refractivity contribution is 5.64. The summed E-state index contributed by atoms with van der Waals surface area (Å²) in [6.45, 7) is 1.70. The molecule has 0 atom stereocenters. The molecule has 0 radical (unpaired) electrons. The fourth-order valence-electron chi connectivity index (χ4n) is 3.02. The number of pyridine rings is 3. The van der Waals surface area contributed by atoms with Crippen molar-refractivity contribution in [2.24, 2.45) is 0 Å². The first-order valence-corrected chi connectivity index (χ1v) is 9.05. The summed E-state index contributed by atoms with van der Waals surface area (Å²) in [6, 6.07) is 8.37. The fraction of sp³-hybridized carbons (Fsp3) is 0.238. The normalized spacial score (nSPS) is 13.3. The van der Waals surface area contributed by atoms with Crippen molar-refractivity contribution < 1.29 is 13.5 Å². The minimum absolute atomic E-state index is 0.100. The Morgan fingerprint density at radius 3 is 2.69 bits per heavy atom. The lowest BCUT2D eigenvalue weighted by molar-refractivity contribution is 0.145. The van der Waals surface area contributed by atoms with Crippen molar-refractivity contribution >= 4 is 5.69 Å². The minimum atomic E-state index is -2.65. The molecule has 0 bridgehead atoms. The predicted molar refractivity (Wildman–Crippen MR) is 103 cm³/mol. The minimum Gasteiger partial charge on any atom is -0.435 e. The number of nitrogens with zero attached hydrogens (tertiary/aromatic N) is 4. The SMILES string of the molecule is Cc1cc(C(F)F)nc(C2CC2)c1Oc1nc(-c2cncc(C#N)c2)ccc1N. The molecule has 6 nitrogen and oxygen atoms in total. The van der Waals surface area contributed by atoms with Gasteiger partial charge in [-0.1, -0.05) is 0 Å². The Morgan fingerprint density at radius 2 is 2.00 bits per heavy atom. The standard InChI is InChI=1S/C21H17F2N5O/c1-11-6-17(20(22)23)27-18(13-2-3-13)19(11)29-21-15(25)4-5-16(28-21)14-7-12(8-24)9-26-10-14/h4-7,9-10,13,20H,2-3,25H2,1H3. The average Bonchev–Trinajstić information content (AvgIpc) is 3.56. The first-order valence-electron chi connectivity index (χ1n) is 9.05. The number of ether oxygens (including phenoxy) is 1. The molecule has 0 saturated heterocycles. The average molecular weight is 393 g/mol. The first-order chi connectivity index (χ1) is 14.0. The number of aromatic nitrogens is 3. The molecule has 0 spiro atoms. The van der Waals surface area contributed by atoms with Crippen molar-refractivity contribution in [1.29, 1.82) is 5.26 Å². The molecule has 2 N–H and O–H groups in total. The van der Waals surface area contributed by atoms with Crippen LogP contribution in [0.2, 0.25) is 0 Å². The highest BCUT2D eigenvalue weighted by Crippen LogP contribution is 2.46. The van der Waals surface area contributed by atoms with E-state index in [1.807, 2.05) is 6.07 Å². The van der Waals surface area contributed by atoms with Crippen LogP contribution in [-0.4, -0.2) is 15.0 Å². The number of nitrogens with two attached hydrogens (primary N) is 1.